The lowest BCUT2D eigenvalue weighted by Crippen LogP contribution is -2.04. The Bertz CT molecular complexity index is 788. The Morgan fingerprint density at radius 3 is 2.95 bits per heavy atom. The predicted octanol–water partition coefficient (Wildman–Crippen LogP) is 2.95. The van der Waals surface area contributed by atoms with E-state index >= 15 is 0 Å². The van der Waals surface area contributed by atoms with Gasteiger partial charge >= 0.3 is 11.9 Å². The summed E-state index contributed by atoms with van der Waals surface area (Å²) in [7, 11) is 0. The van der Waals surface area contributed by atoms with Gasteiger partial charge in [0.1, 0.15) is 5.03 Å². The highest BCUT2D eigenvalue weighted by Crippen LogP contribution is 2.26. The van der Waals surface area contributed by atoms with Gasteiger partial charge in [-0.05, 0) is 30.8 Å². The number of hydrogen-bond donors (Lipinski definition) is 0. The van der Waals surface area contributed by atoms with Gasteiger partial charge in [0.2, 0.25) is 0 Å². The summed E-state index contributed by atoms with van der Waals surface area (Å²) in [5, 5.41) is 9.48. The summed E-state index contributed by atoms with van der Waals surface area (Å²) in [6, 6.07) is 11.6. The Hall–Kier alpha value is -2.41. The highest BCUT2D eigenvalue weighted by Gasteiger charge is 2.16. The molecular formula is C14H11N3O3S. The molecule has 0 aliphatic rings. The molecule has 0 saturated carbocycles. The number of carbonyl (C=O) groups is 1. The minimum atomic E-state index is -0.622. The molecule has 0 radical (unpaired) electrons. The van der Waals surface area contributed by atoms with Crippen LogP contribution in [0.15, 0.2) is 51.1 Å². The van der Waals surface area contributed by atoms with Gasteiger partial charge in [0, 0.05) is 5.39 Å². The van der Waals surface area contributed by atoms with Crippen molar-refractivity contribution in [3.8, 4) is 0 Å². The SMILES string of the molecule is CCOC(=O)c1nnc(Sc2ccc3ccccc3n2)o1. The molecule has 21 heavy (non-hydrogen) atoms. The maximum Gasteiger partial charge on any atom is 0.396 e. The van der Waals surface area contributed by atoms with E-state index in [4.69, 9.17) is 9.15 Å². The van der Waals surface area contributed by atoms with Crippen molar-refractivity contribution >= 4 is 28.6 Å². The number of fused-ring (bicyclic) bond motifs is 1. The van der Waals surface area contributed by atoms with E-state index in [9.17, 15) is 4.79 Å². The van der Waals surface area contributed by atoms with Gasteiger partial charge in [-0.2, -0.15) is 0 Å². The van der Waals surface area contributed by atoms with Gasteiger partial charge in [0.15, 0.2) is 0 Å². The summed E-state index contributed by atoms with van der Waals surface area (Å²) >= 11 is 1.20. The molecule has 3 aromatic rings. The Kier molecular flexibility index (Phi) is 3.83. The maximum absolute atomic E-state index is 11.4. The molecule has 2 aromatic heterocycles. The molecule has 0 aliphatic heterocycles. The summed E-state index contributed by atoms with van der Waals surface area (Å²) in [5.41, 5.74) is 0.882. The molecule has 0 spiro atoms. The van der Waals surface area contributed by atoms with E-state index < -0.39 is 5.97 Å². The van der Waals surface area contributed by atoms with Crippen LogP contribution in [0.2, 0.25) is 0 Å². The predicted molar refractivity (Wildman–Crippen MR) is 76.1 cm³/mol. The fraction of sp³-hybridized carbons (Fsp3) is 0.143. The highest BCUT2D eigenvalue weighted by atomic mass is 32.2. The third kappa shape index (κ3) is 3.03. The molecule has 0 amide bonds. The lowest BCUT2D eigenvalue weighted by Gasteiger charge is -1.99. The summed E-state index contributed by atoms with van der Waals surface area (Å²) < 4.78 is 10.0. The van der Waals surface area contributed by atoms with E-state index in [1.165, 1.54) is 11.8 Å². The van der Waals surface area contributed by atoms with Crippen LogP contribution in [-0.2, 0) is 4.74 Å². The van der Waals surface area contributed by atoms with E-state index in [1.54, 1.807) is 6.92 Å². The Labute approximate surface area is 124 Å². The molecule has 2 heterocycles. The van der Waals surface area contributed by atoms with Crippen LogP contribution in [0, 0.1) is 0 Å². The second kappa shape index (κ2) is 5.92. The van der Waals surface area contributed by atoms with E-state index in [-0.39, 0.29) is 17.7 Å². The van der Waals surface area contributed by atoms with Crippen molar-refractivity contribution in [2.45, 2.75) is 17.2 Å². The number of rotatable bonds is 4. The zero-order chi connectivity index (χ0) is 14.7. The molecule has 0 atom stereocenters. The molecule has 0 fully saturated rings. The molecule has 0 saturated heterocycles. The van der Waals surface area contributed by atoms with Crippen molar-refractivity contribution in [2.24, 2.45) is 0 Å². The summed E-state index contributed by atoms with van der Waals surface area (Å²) in [6.07, 6.45) is 0. The van der Waals surface area contributed by atoms with E-state index in [0.29, 0.717) is 5.03 Å². The molecule has 106 valence electrons. The van der Waals surface area contributed by atoms with Crippen molar-refractivity contribution in [2.75, 3.05) is 6.61 Å². The Morgan fingerprint density at radius 1 is 1.24 bits per heavy atom. The minimum Gasteiger partial charge on any atom is -0.459 e. The molecule has 1 aromatic carbocycles. The standard InChI is InChI=1S/C14H11N3O3S/c1-2-19-13(18)12-16-17-14(20-12)21-11-8-7-9-5-3-4-6-10(9)15-11/h3-8H,2H2,1H3. The van der Waals surface area contributed by atoms with Crippen molar-refractivity contribution in [3.63, 3.8) is 0 Å². The number of ether oxygens (including phenoxy) is 1. The van der Waals surface area contributed by atoms with Crippen molar-refractivity contribution in [1.82, 2.24) is 15.2 Å². The number of nitrogens with zero attached hydrogens (tertiary/aromatic N) is 3. The van der Waals surface area contributed by atoms with Crippen LogP contribution in [0.3, 0.4) is 0 Å². The number of esters is 1. The van der Waals surface area contributed by atoms with Crippen LogP contribution in [0.4, 0.5) is 0 Å². The molecule has 0 bridgehead atoms. The minimum absolute atomic E-state index is 0.153. The maximum atomic E-state index is 11.4. The third-order valence-corrected chi connectivity index (χ3v) is 3.40. The second-order valence-electron chi connectivity index (χ2n) is 4.04. The third-order valence-electron chi connectivity index (χ3n) is 2.62. The first kappa shape index (κ1) is 13.6. The summed E-state index contributed by atoms with van der Waals surface area (Å²) in [4.78, 5) is 15.9. The number of benzene rings is 1. The van der Waals surface area contributed by atoms with E-state index in [1.807, 2.05) is 36.4 Å². The van der Waals surface area contributed by atoms with Crippen molar-refractivity contribution in [1.29, 1.82) is 0 Å². The molecule has 0 aliphatic carbocycles. The van der Waals surface area contributed by atoms with Gasteiger partial charge in [0.25, 0.3) is 5.22 Å². The largest absolute Gasteiger partial charge is 0.459 e. The van der Waals surface area contributed by atoms with Gasteiger partial charge in [-0.25, -0.2) is 9.78 Å². The fourth-order valence-electron chi connectivity index (χ4n) is 1.72. The number of hydrogen-bond acceptors (Lipinski definition) is 7. The highest BCUT2D eigenvalue weighted by molar-refractivity contribution is 7.99. The monoisotopic (exact) mass is 301 g/mol. The molecule has 0 N–H and O–H groups in total. The molecule has 0 unspecified atom stereocenters. The molecule has 7 heteroatoms. The van der Waals surface area contributed by atoms with Gasteiger partial charge in [-0.1, -0.05) is 29.4 Å². The van der Waals surface area contributed by atoms with E-state index in [2.05, 4.69) is 15.2 Å². The van der Waals surface area contributed by atoms with Gasteiger partial charge in [0.05, 0.1) is 12.1 Å². The van der Waals surface area contributed by atoms with Gasteiger partial charge < -0.3 is 9.15 Å². The van der Waals surface area contributed by atoms with Crippen LogP contribution in [0.1, 0.15) is 17.6 Å². The zero-order valence-electron chi connectivity index (χ0n) is 11.1. The summed E-state index contributed by atoms with van der Waals surface area (Å²) in [6.45, 7) is 1.97. The first-order chi connectivity index (χ1) is 10.3. The van der Waals surface area contributed by atoms with Gasteiger partial charge in [-0.15, -0.1) is 5.10 Å². The van der Waals surface area contributed by atoms with Crippen LogP contribution >= 0.6 is 11.8 Å². The van der Waals surface area contributed by atoms with Crippen LogP contribution < -0.4 is 0 Å². The lowest BCUT2D eigenvalue weighted by atomic mass is 10.2. The van der Waals surface area contributed by atoms with Crippen LogP contribution in [-0.4, -0.2) is 27.8 Å². The average Bonchev–Trinajstić information content (AvgIpc) is 2.96. The van der Waals surface area contributed by atoms with Crippen LogP contribution in [0.25, 0.3) is 10.9 Å². The first-order valence-corrected chi connectivity index (χ1v) is 7.12. The van der Waals surface area contributed by atoms with E-state index in [0.717, 1.165) is 10.9 Å². The molecule has 3 rings (SSSR count). The number of para-hydroxylation sites is 1. The Morgan fingerprint density at radius 2 is 2.10 bits per heavy atom. The normalized spacial score (nSPS) is 10.7. The zero-order valence-corrected chi connectivity index (χ0v) is 12.0. The number of carbonyl (C=O) groups excluding carboxylic acids is 1. The fourth-order valence-corrected chi connectivity index (χ4v) is 2.38. The number of pyridine rings is 1. The van der Waals surface area contributed by atoms with Crippen molar-refractivity contribution in [3.05, 3.63) is 42.3 Å². The number of aromatic nitrogens is 3. The average molecular weight is 301 g/mol. The smallest absolute Gasteiger partial charge is 0.396 e. The lowest BCUT2D eigenvalue weighted by molar-refractivity contribution is 0.0475. The van der Waals surface area contributed by atoms with Gasteiger partial charge in [-0.3, -0.25) is 0 Å². The second-order valence-corrected chi connectivity index (χ2v) is 5.01. The van der Waals surface area contributed by atoms with Crippen molar-refractivity contribution < 1.29 is 13.9 Å². The quantitative estimate of drug-likeness (QED) is 0.685. The summed E-state index contributed by atoms with van der Waals surface area (Å²) in [5.74, 6) is -0.775. The Balaban J connectivity index is 1.80. The molecular weight excluding hydrogens is 290 g/mol. The first-order valence-electron chi connectivity index (χ1n) is 6.30. The molecule has 6 nitrogen and oxygen atoms in total. The topological polar surface area (TPSA) is 78.1 Å². The van der Waals surface area contributed by atoms with Crippen LogP contribution in [0.5, 0.6) is 0 Å².